The van der Waals surface area contributed by atoms with Crippen LogP contribution < -0.4 is 4.74 Å². The van der Waals surface area contributed by atoms with Gasteiger partial charge in [-0.25, -0.2) is 4.39 Å². The molecule has 0 spiro atoms. The molecule has 4 heteroatoms. The van der Waals surface area contributed by atoms with Gasteiger partial charge >= 0.3 is 0 Å². The molecule has 2 aromatic rings. The van der Waals surface area contributed by atoms with Crippen LogP contribution in [-0.4, -0.2) is 37.7 Å². The zero-order chi connectivity index (χ0) is 16.9. The predicted octanol–water partition coefficient (Wildman–Crippen LogP) is 3.89. The van der Waals surface area contributed by atoms with Gasteiger partial charge in [-0.1, -0.05) is 30.3 Å². The maximum atomic E-state index is 13.1. The van der Waals surface area contributed by atoms with Crippen molar-refractivity contribution >= 4 is 0 Å². The Morgan fingerprint density at radius 3 is 2.54 bits per heavy atom. The second-order valence-corrected chi connectivity index (χ2v) is 6.28. The first-order valence-corrected chi connectivity index (χ1v) is 8.42. The van der Waals surface area contributed by atoms with Crippen LogP contribution in [0.25, 0.3) is 0 Å². The van der Waals surface area contributed by atoms with E-state index in [1.54, 1.807) is 12.1 Å². The van der Waals surface area contributed by atoms with E-state index in [0.29, 0.717) is 13.2 Å². The summed E-state index contributed by atoms with van der Waals surface area (Å²) in [6.07, 6.45) is -0.000419. The van der Waals surface area contributed by atoms with Crippen LogP contribution in [0.4, 0.5) is 4.39 Å². The SMILES string of the molecule is Cc1cccc(C)c1OCCN1CCO[C@@H](c2ccc(F)cc2)C1. The monoisotopic (exact) mass is 329 g/mol. The van der Waals surface area contributed by atoms with Crippen LogP contribution in [0.1, 0.15) is 22.8 Å². The van der Waals surface area contributed by atoms with Crippen LogP contribution in [0.5, 0.6) is 5.75 Å². The van der Waals surface area contributed by atoms with Crippen molar-refractivity contribution in [2.24, 2.45) is 0 Å². The minimum Gasteiger partial charge on any atom is -0.492 e. The first-order chi connectivity index (χ1) is 11.6. The molecule has 1 heterocycles. The van der Waals surface area contributed by atoms with Gasteiger partial charge in [-0.05, 0) is 42.7 Å². The smallest absolute Gasteiger partial charge is 0.125 e. The molecule has 0 amide bonds. The summed E-state index contributed by atoms with van der Waals surface area (Å²) in [7, 11) is 0. The van der Waals surface area contributed by atoms with Crippen LogP contribution >= 0.6 is 0 Å². The van der Waals surface area contributed by atoms with Gasteiger partial charge < -0.3 is 9.47 Å². The van der Waals surface area contributed by atoms with Gasteiger partial charge in [0.25, 0.3) is 0 Å². The van der Waals surface area contributed by atoms with E-state index in [0.717, 1.165) is 30.9 Å². The third-order valence-corrected chi connectivity index (χ3v) is 4.46. The van der Waals surface area contributed by atoms with Crippen molar-refractivity contribution in [2.75, 3.05) is 32.8 Å². The van der Waals surface area contributed by atoms with E-state index in [1.165, 1.54) is 23.3 Å². The topological polar surface area (TPSA) is 21.7 Å². The number of aryl methyl sites for hydroxylation is 2. The van der Waals surface area contributed by atoms with Gasteiger partial charge in [-0.15, -0.1) is 0 Å². The van der Waals surface area contributed by atoms with Gasteiger partial charge in [-0.2, -0.15) is 0 Å². The molecule has 0 unspecified atom stereocenters. The Balaban J connectivity index is 1.53. The first kappa shape index (κ1) is 16.9. The van der Waals surface area contributed by atoms with Gasteiger partial charge in [0, 0.05) is 19.6 Å². The van der Waals surface area contributed by atoms with Crippen molar-refractivity contribution in [1.29, 1.82) is 0 Å². The minimum atomic E-state index is -0.214. The Morgan fingerprint density at radius 2 is 1.83 bits per heavy atom. The van der Waals surface area contributed by atoms with Crippen LogP contribution in [0, 0.1) is 19.7 Å². The molecule has 3 nitrogen and oxygen atoms in total. The van der Waals surface area contributed by atoms with Crippen molar-refractivity contribution < 1.29 is 13.9 Å². The lowest BCUT2D eigenvalue weighted by Crippen LogP contribution is -2.40. The standard InChI is InChI=1S/C20H24FNO2/c1-15-4-3-5-16(2)20(15)24-13-11-22-10-12-23-19(14-22)17-6-8-18(21)9-7-17/h3-9,19H,10-14H2,1-2H3/t19-/m1/s1. The highest BCUT2D eigenvalue weighted by molar-refractivity contribution is 5.39. The normalized spacial score (nSPS) is 18.5. The lowest BCUT2D eigenvalue weighted by atomic mass is 10.1. The van der Waals surface area contributed by atoms with E-state index in [2.05, 4.69) is 30.9 Å². The molecule has 128 valence electrons. The maximum absolute atomic E-state index is 13.1. The molecule has 3 rings (SSSR count). The Kier molecular flexibility index (Phi) is 5.48. The number of rotatable bonds is 5. The van der Waals surface area contributed by atoms with Crippen molar-refractivity contribution in [3.63, 3.8) is 0 Å². The number of halogens is 1. The largest absolute Gasteiger partial charge is 0.492 e. The molecule has 1 atom stereocenters. The van der Waals surface area contributed by atoms with Crippen molar-refractivity contribution in [3.05, 3.63) is 65.0 Å². The summed E-state index contributed by atoms with van der Waals surface area (Å²) in [6.45, 7) is 8.04. The van der Waals surface area contributed by atoms with Crippen molar-refractivity contribution in [2.45, 2.75) is 20.0 Å². The molecular weight excluding hydrogens is 305 g/mol. The van der Waals surface area contributed by atoms with E-state index in [-0.39, 0.29) is 11.9 Å². The van der Waals surface area contributed by atoms with Crippen molar-refractivity contribution in [1.82, 2.24) is 4.90 Å². The zero-order valence-corrected chi connectivity index (χ0v) is 14.3. The molecule has 0 aliphatic carbocycles. The summed E-state index contributed by atoms with van der Waals surface area (Å²) >= 11 is 0. The molecule has 1 fully saturated rings. The quantitative estimate of drug-likeness (QED) is 0.830. The number of para-hydroxylation sites is 1. The minimum absolute atomic E-state index is 0.000419. The summed E-state index contributed by atoms with van der Waals surface area (Å²) in [5.74, 6) is 0.772. The summed E-state index contributed by atoms with van der Waals surface area (Å²) in [6, 6.07) is 12.8. The highest BCUT2D eigenvalue weighted by Gasteiger charge is 2.21. The zero-order valence-electron chi connectivity index (χ0n) is 14.3. The summed E-state index contributed by atoms with van der Waals surface area (Å²) in [4.78, 5) is 2.34. The van der Waals surface area contributed by atoms with E-state index in [9.17, 15) is 4.39 Å². The Hall–Kier alpha value is -1.91. The molecule has 24 heavy (non-hydrogen) atoms. The summed E-state index contributed by atoms with van der Waals surface area (Å²) in [5, 5.41) is 0. The van der Waals surface area contributed by atoms with Gasteiger partial charge in [0.05, 0.1) is 12.7 Å². The van der Waals surface area contributed by atoms with Crippen LogP contribution in [0.15, 0.2) is 42.5 Å². The number of hydrogen-bond acceptors (Lipinski definition) is 3. The number of benzene rings is 2. The summed E-state index contributed by atoms with van der Waals surface area (Å²) < 4.78 is 24.9. The summed E-state index contributed by atoms with van der Waals surface area (Å²) in [5.41, 5.74) is 3.36. The lowest BCUT2D eigenvalue weighted by Gasteiger charge is -2.33. The fraction of sp³-hybridized carbons (Fsp3) is 0.400. The molecule has 0 bridgehead atoms. The van der Waals surface area contributed by atoms with E-state index < -0.39 is 0 Å². The molecule has 0 N–H and O–H groups in total. The van der Waals surface area contributed by atoms with Gasteiger partial charge in [0.15, 0.2) is 0 Å². The number of ether oxygens (including phenoxy) is 2. The highest BCUT2D eigenvalue weighted by Crippen LogP contribution is 2.24. The highest BCUT2D eigenvalue weighted by atomic mass is 19.1. The average molecular weight is 329 g/mol. The number of nitrogens with zero attached hydrogens (tertiary/aromatic N) is 1. The van der Waals surface area contributed by atoms with Crippen LogP contribution in [0.2, 0.25) is 0 Å². The lowest BCUT2D eigenvalue weighted by molar-refractivity contribution is -0.0329. The number of hydrogen-bond donors (Lipinski definition) is 0. The Labute approximate surface area is 143 Å². The van der Waals surface area contributed by atoms with Gasteiger partial charge in [0.1, 0.15) is 18.2 Å². The molecule has 1 aliphatic rings. The third kappa shape index (κ3) is 4.13. The van der Waals surface area contributed by atoms with Gasteiger partial charge in [0.2, 0.25) is 0 Å². The molecule has 1 saturated heterocycles. The Morgan fingerprint density at radius 1 is 1.12 bits per heavy atom. The second kappa shape index (κ2) is 7.77. The molecule has 0 saturated carbocycles. The molecule has 0 radical (unpaired) electrons. The first-order valence-electron chi connectivity index (χ1n) is 8.42. The molecular formula is C20H24FNO2. The third-order valence-electron chi connectivity index (χ3n) is 4.46. The maximum Gasteiger partial charge on any atom is 0.125 e. The van der Waals surface area contributed by atoms with Crippen LogP contribution in [0.3, 0.4) is 0 Å². The Bertz CT molecular complexity index is 652. The predicted molar refractivity (Wildman–Crippen MR) is 92.9 cm³/mol. The average Bonchev–Trinajstić information content (AvgIpc) is 2.58. The van der Waals surface area contributed by atoms with E-state index in [1.807, 2.05) is 6.07 Å². The van der Waals surface area contributed by atoms with E-state index in [4.69, 9.17) is 9.47 Å². The van der Waals surface area contributed by atoms with Gasteiger partial charge in [-0.3, -0.25) is 4.90 Å². The number of morpholine rings is 1. The van der Waals surface area contributed by atoms with Crippen LogP contribution in [-0.2, 0) is 4.74 Å². The van der Waals surface area contributed by atoms with E-state index >= 15 is 0 Å². The molecule has 2 aromatic carbocycles. The fourth-order valence-electron chi connectivity index (χ4n) is 3.09. The second-order valence-electron chi connectivity index (χ2n) is 6.28. The molecule has 1 aliphatic heterocycles. The fourth-order valence-corrected chi connectivity index (χ4v) is 3.09. The van der Waals surface area contributed by atoms with Crippen molar-refractivity contribution in [3.8, 4) is 5.75 Å². The molecule has 0 aromatic heterocycles.